The average molecular weight is 328 g/mol. The lowest BCUT2D eigenvalue weighted by Gasteiger charge is -2.35. The topological polar surface area (TPSA) is 0 Å². The van der Waals surface area contributed by atoms with Gasteiger partial charge in [-0.1, -0.05) is 88.3 Å². The van der Waals surface area contributed by atoms with Gasteiger partial charge in [-0.2, -0.15) is 0 Å². The molecule has 0 heterocycles. The third-order valence-electron chi connectivity index (χ3n) is 2.44. The molecule has 0 amide bonds. The van der Waals surface area contributed by atoms with E-state index in [9.17, 15) is 0 Å². The van der Waals surface area contributed by atoms with Crippen LogP contribution in [0.2, 0.25) is 0 Å². The highest BCUT2D eigenvalue weighted by Gasteiger charge is 2.50. The summed E-state index contributed by atoms with van der Waals surface area (Å²) in [6, 6.07) is 9.37. The van der Waals surface area contributed by atoms with E-state index in [4.69, 9.17) is 58.0 Å². The fraction of sp³-hybridized carbons (Fsp3) is 0.167. The average Bonchev–Trinajstić information content (AvgIpc) is 2.24. The van der Waals surface area contributed by atoms with Gasteiger partial charge in [0.2, 0.25) is 0 Å². The zero-order valence-electron chi connectivity index (χ0n) is 8.43. The molecule has 0 aromatic heterocycles. The van der Waals surface area contributed by atoms with Crippen molar-refractivity contribution in [3.05, 3.63) is 53.1 Å². The van der Waals surface area contributed by atoms with E-state index < -0.39 is 8.67 Å². The number of rotatable bonds is 1. The molecule has 1 aromatic rings. The first-order valence-electron chi connectivity index (χ1n) is 4.76. The fourth-order valence-corrected chi connectivity index (χ4v) is 2.86. The maximum absolute atomic E-state index is 6.26. The molecule has 0 bridgehead atoms. The van der Waals surface area contributed by atoms with Crippen LogP contribution < -0.4 is 0 Å². The van der Waals surface area contributed by atoms with Gasteiger partial charge in [-0.3, -0.25) is 0 Å². The van der Waals surface area contributed by atoms with Crippen LogP contribution in [0.15, 0.2) is 47.5 Å². The minimum atomic E-state index is -1.47. The van der Waals surface area contributed by atoms with Crippen molar-refractivity contribution in [2.75, 3.05) is 0 Å². The van der Waals surface area contributed by atoms with E-state index in [0.717, 1.165) is 5.56 Å². The lowest BCUT2D eigenvalue weighted by Crippen LogP contribution is -2.37. The molecule has 0 saturated carbocycles. The third-order valence-corrected chi connectivity index (χ3v) is 4.84. The second kappa shape index (κ2) is 4.68. The summed E-state index contributed by atoms with van der Waals surface area (Å²) >= 11 is 30.7. The number of hydrogen-bond donors (Lipinski definition) is 0. The highest BCUT2D eigenvalue weighted by atomic mass is 35.5. The lowest BCUT2D eigenvalue weighted by molar-refractivity contribution is 0.911. The van der Waals surface area contributed by atoms with Gasteiger partial charge in [-0.15, -0.1) is 0 Å². The molecule has 1 aliphatic carbocycles. The van der Waals surface area contributed by atoms with Gasteiger partial charge in [0.1, 0.15) is 0 Å². The Morgan fingerprint density at radius 3 is 2.06 bits per heavy atom. The van der Waals surface area contributed by atoms with Crippen LogP contribution in [-0.4, -0.2) is 8.67 Å². The summed E-state index contributed by atoms with van der Waals surface area (Å²) in [5, 5.41) is 0.408. The van der Waals surface area contributed by atoms with E-state index >= 15 is 0 Å². The van der Waals surface area contributed by atoms with Crippen LogP contribution in [0.3, 0.4) is 0 Å². The predicted octanol–water partition coefficient (Wildman–Crippen LogP) is 5.55. The number of benzene rings is 1. The summed E-state index contributed by atoms with van der Waals surface area (Å²) in [4.78, 5) is 0. The van der Waals surface area contributed by atoms with E-state index in [1.165, 1.54) is 6.08 Å². The molecule has 0 spiro atoms. The Morgan fingerprint density at radius 2 is 1.47 bits per heavy atom. The molecule has 5 heteroatoms. The molecule has 2 rings (SSSR count). The van der Waals surface area contributed by atoms with Gasteiger partial charge >= 0.3 is 0 Å². The maximum atomic E-state index is 6.26. The fourth-order valence-electron chi connectivity index (χ4n) is 1.60. The Hall–Kier alpha value is 0.150. The first-order chi connectivity index (χ1) is 7.84. The molecule has 0 fully saturated rings. The van der Waals surface area contributed by atoms with Crippen LogP contribution in [0.4, 0.5) is 0 Å². The number of allylic oxidation sites excluding steroid dienone is 4. The van der Waals surface area contributed by atoms with Gasteiger partial charge < -0.3 is 0 Å². The molecule has 0 radical (unpaired) electrons. The summed E-state index contributed by atoms with van der Waals surface area (Å²) in [5.74, 6) is 0. The second-order valence-electron chi connectivity index (χ2n) is 3.65. The molecule has 1 aromatic carbocycles. The van der Waals surface area contributed by atoms with Crippen LogP contribution >= 0.6 is 58.0 Å². The molecule has 0 nitrogen and oxygen atoms in total. The Bertz CT molecular complexity index is 485. The first kappa shape index (κ1) is 13.6. The van der Waals surface area contributed by atoms with Crippen LogP contribution in [0.25, 0.3) is 5.57 Å². The van der Waals surface area contributed by atoms with Gasteiger partial charge in [0, 0.05) is 5.03 Å². The quantitative estimate of drug-likeness (QED) is 0.593. The number of halogens is 5. The standard InChI is InChI=1S/C12H7Cl5/c13-9-6-10(8-4-2-1-3-5-8)12(16,17)11(14,15)7-9/h1-7H. The summed E-state index contributed by atoms with van der Waals surface area (Å²) in [6.07, 6.45) is 3.09. The Balaban J connectivity index is 2.57. The van der Waals surface area contributed by atoms with Crippen molar-refractivity contribution in [1.29, 1.82) is 0 Å². The smallest absolute Gasteiger partial charge is 0.0931 e. The van der Waals surface area contributed by atoms with Crippen molar-refractivity contribution in [3.8, 4) is 0 Å². The molecule has 0 saturated heterocycles. The van der Waals surface area contributed by atoms with Crippen molar-refractivity contribution >= 4 is 63.6 Å². The zero-order chi connectivity index (χ0) is 12.7. The van der Waals surface area contributed by atoms with Crippen molar-refractivity contribution in [1.82, 2.24) is 0 Å². The number of hydrogen-bond acceptors (Lipinski definition) is 0. The Labute approximate surface area is 125 Å². The summed E-state index contributed by atoms with van der Waals surface area (Å²) in [6.45, 7) is 0. The molecule has 0 aliphatic heterocycles. The first-order valence-corrected chi connectivity index (χ1v) is 6.65. The molecule has 0 N–H and O–H groups in total. The van der Waals surface area contributed by atoms with Gasteiger partial charge in [-0.25, -0.2) is 0 Å². The summed E-state index contributed by atoms with van der Waals surface area (Å²) in [5.41, 5.74) is 1.41. The normalized spacial score (nSPS) is 21.7. The van der Waals surface area contributed by atoms with E-state index in [-0.39, 0.29) is 0 Å². The molecule has 17 heavy (non-hydrogen) atoms. The summed E-state index contributed by atoms with van der Waals surface area (Å²) in [7, 11) is 0. The minimum Gasteiger partial charge on any atom is -0.0931 e. The van der Waals surface area contributed by atoms with E-state index in [2.05, 4.69) is 0 Å². The van der Waals surface area contributed by atoms with Gasteiger partial charge in [-0.05, 0) is 23.3 Å². The molecule has 1 aliphatic rings. The largest absolute Gasteiger partial charge is 0.180 e. The lowest BCUT2D eigenvalue weighted by atomic mass is 9.95. The van der Waals surface area contributed by atoms with Gasteiger partial charge in [0.25, 0.3) is 0 Å². The molecular weight excluding hydrogens is 321 g/mol. The maximum Gasteiger partial charge on any atom is 0.180 e. The van der Waals surface area contributed by atoms with Crippen LogP contribution in [0.5, 0.6) is 0 Å². The van der Waals surface area contributed by atoms with Crippen LogP contribution in [0, 0.1) is 0 Å². The van der Waals surface area contributed by atoms with E-state index in [1.807, 2.05) is 30.3 Å². The minimum absolute atomic E-state index is 0.408. The summed E-state index contributed by atoms with van der Waals surface area (Å²) < 4.78 is -2.91. The van der Waals surface area contributed by atoms with Crippen LogP contribution in [-0.2, 0) is 0 Å². The van der Waals surface area contributed by atoms with Crippen molar-refractivity contribution in [2.24, 2.45) is 0 Å². The highest BCUT2D eigenvalue weighted by Crippen LogP contribution is 2.55. The second-order valence-corrected chi connectivity index (χ2v) is 6.80. The zero-order valence-corrected chi connectivity index (χ0v) is 12.2. The van der Waals surface area contributed by atoms with Gasteiger partial charge in [0.15, 0.2) is 8.67 Å². The molecule has 0 unspecified atom stereocenters. The Kier molecular flexibility index (Phi) is 3.74. The molecule has 0 atom stereocenters. The van der Waals surface area contributed by atoms with Gasteiger partial charge in [0.05, 0.1) is 0 Å². The van der Waals surface area contributed by atoms with Crippen molar-refractivity contribution in [3.63, 3.8) is 0 Å². The third kappa shape index (κ3) is 2.47. The number of alkyl halides is 4. The highest BCUT2D eigenvalue weighted by molar-refractivity contribution is 6.67. The SMILES string of the molecule is ClC1=CC(Cl)(Cl)C(Cl)(Cl)C(c2ccccc2)=C1. The van der Waals surface area contributed by atoms with E-state index in [1.54, 1.807) is 6.08 Å². The van der Waals surface area contributed by atoms with Crippen molar-refractivity contribution in [2.45, 2.75) is 8.67 Å². The van der Waals surface area contributed by atoms with E-state index in [0.29, 0.717) is 10.6 Å². The van der Waals surface area contributed by atoms with Crippen LogP contribution in [0.1, 0.15) is 5.56 Å². The van der Waals surface area contributed by atoms with Crippen molar-refractivity contribution < 1.29 is 0 Å². The Morgan fingerprint density at radius 1 is 0.882 bits per heavy atom. The monoisotopic (exact) mass is 326 g/mol. The predicted molar refractivity (Wildman–Crippen MR) is 77.2 cm³/mol. The molecule has 90 valence electrons. The molecular formula is C12H7Cl5.